The van der Waals surface area contributed by atoms with E-state index in [0.29, 0.717) is 12.8 Å². The lowest BCUT2D eigenvalue weighted by Crippen LogP contribution is -2.12. The standard InChI is InChI=1S/C5H13NO/c1-3-5(2)7-4-6/h5H,3-4,6H2,1-2H3. The molecule has 0 heterocycles. The Labute approximate surface area is 44.7 Å². The summed E-state index contributed by atoms with van der Waals surface area (Å²) >= 11 is 0. The third-order valence-corrected chi connectivity index (χ3v) is 0.956. The fourth-order valence-electron chi connectivity index (χ4n) is 0.282. The van der Waals surface area contributed by atoms with Crippen LogP contribution in [0.25, 0.3) is 0 Å². The molecular formula is C5H13NO. The smallest absolute Gasteiger partial charge is 0.0943 e. The van der Waals surface area contributed by atoms with Crippen molar-refractivity contribution in [3.63, 3.8) is 0 Å². The molecule has 1 unspecified atom stereocenters. The molecule has 7 heavy (non-hydrogen) atoms. The summed E-state index contributed by atoms with van der Waals surface area (Å²) in [6.45, 7) is 4.42. The Morgan fingerprint density at radius 3 is 2.43 bits per heavy atom. The molecule has 44 valence electrons. The Kier molecular flexibility index (Phi) is 4.04. The molecule has 0 aromatic carbocycles. The second-order valence-corrected chi connectivity index (χ2v) is 1.55. The zero-order chi connectivity index (χ0) is 5.70. The summed E-state index contributed by atoms with van der Waals surface area (Å²) in [6.07, 6.45) is 1.36. The van der Waals surface area contributed by atoms with Gasteiger partial charge in [-0.15, -0.1) is 0 Å². The molecule has 1 atom stereocenters. The lowest BCUT2D eigenvalue weighted by Gasteiger charge is -2.05. The van der Waals surface area contributed by atoms with Gasteiger partial charge in [0.15, 0.2) is 0 Å². The predicted molar refractivity (Wildman–Crippen MR) is 29.9 cm³/mol. The Bertz CT molecular complexity index is 39.1. The van der Waals surface area contributed by atoms with Crippen molar-refractivity contribution in [3.8, 4) is 0 Å². The van der Waals surface area contributed by atoms with Gasteiger partial charge in [0, 0.05) is 0 Å². The maximum absolute atomic E-state index is 5.08. The van der Waals surface area contributed by atoms with Crippen LogP contribution < -0.4 is 5.73 Å². The molecule has 0 aliphatic rings. The maximum Gasteiger partial charge on any atom is 0.0943 e. The molecule has 0 amide bonds. The third-order valence-electron chi connectivity index (χ3n) is 0.956. The van der Waals surface area contributed by atoms with E-state index >= 15 is 0 Å². The highest BCUT2D eigenvalue weighted by Gasteiger charge is 1.92. The van der Waals surface area contributed by atoms with E-state index in [1.807, 2.05) is 6.92 Å². The van der Waals surface area contributed by atoms with Gasteiger partial charge in [0.25, 0.3) is 0 Å². The molecule has 2 heteroatoms. The van der Waals surface area contributed by atoms with E-state index in [-0.39, 0.29) is 0 Å². The second-order valence-electron chi connectivity index (χ2n) is 1.55. The maximum atomic E-state index is 5.08. The largest absolute Gasteiger partial charge is 0.364 e. The van der Waals surface area contributed by atoms with E-state index in [4.69, 9.17) is 10.5 Å². The van der Waals surface area contributed by atoms with E-state index in [0.717, 1.165) is 6.42 Å². The van der Waals surface area contributed by atoms with Crippen molar-refractivity contribution in [2.45, 2.75) is 26.4 Å². The summed E-state index contributed by atoms with van der Waals surface area (Å²) in [6, 6.07) is 0. The van der Waals surface area contributed by atoms with Crippen molar-refractivity contribution in [2.75, 3.05) is 6.73 Å². The van der Waals surface area contributed by atoms with Crippen molar-refractivity contribution in [2.24, 2.45) is 5.73 Å². The first-order chi connectivity index (χ1) is 3.31. The monoisotopic (exact) mass is 103 g/mol. The predicted octanol–water partition coefficient (Wildman–Crippen LogP) is 0.718. The summed E-state index contributed by atoms with van der Waals surface area (Å²) in [5.41, 5.74) is 5.08. The lowest BCUT2D eigenvalue weighted by molar-refractivity contribution is 0.0687. The molecule has 0 aliphatic heterocycles. The Balaban J connectivity index is 2.83. The summed E-state index contributed by atoms with van der Waals surface area (Å²) in [5, 5.41) is 0. The molecule has 2 nitrogen and oxygen atoms in total. The Hall–Kier alpha value is -0.0800. The highest BCUT2D eigenvalue weighted by molar-refractivity contribution is 4.40. The molecule has 0 saturated heterocycles. The highest BCUT2D eigenvalue weighted by atomic mass is 16.5. The van der Waals surface area contributed by atoms with Crippen LogP contribution in [-0.4, -0.2) is 12.8 Å². The van der Waals surface area contributed by atoms with Gasteiger partial charge in [0.1, 0.15) is 0 Å². The molecule has 2 N–H and O–H groups in total. The molecular weight excluding hydrogens is 90.1 g/mol. The van der Waals surface area contributed by atoms with Gasteiger partial charge < -0.3 is 10.5 Å². The van der Waals surface area contributed by atoms with Gasteiger partial charge in [-0.1, -0.05) is 6.92 Å². The number of nitrogens with two attached hydrogens (primary N) is 1. The average Bonchev–Trinajstić information content (AvgIpc) is 1.68. The van der Waals surface area contributed by atoms with Crippen molar-refractivity contribution in [1.29, 1.82) is 0 Å². The van der Waals surface area contributed by atoms with Crippen LogP contribution in [-0.2, 0) is 4.74 Å². The molecule has 0 aliphatic carbocycles. The van der Waals surface area contributed by atoms with Crippen LogP contribution >= 0.6 is 0 Å². The van der Waals surface area contributed by atoms with Crippen molar-refractivity contribution in [1.82, 2.24) is 0 Å². The van der Waals surface area contributed by atoms with E-state index in [1.54, 1.807) is 0 Å². The molecule has 0 radical (unpaired) electrons. The van der Waals surface area contributed by atoms with Gasteiger partial charge in [0.05, 0.1) is 12.8 Å². The first-order valence-corrected chi connectivity index (χ1v) is 2.63. The minimum atomic E-state index is 0.324. The fraction of sp³-hybridized carbons (Fsp3) is 1.00. The number of rotatable bonds is 3. The average molecular weight is 103 g/mol. The van der Waals surface area contributed by atoms with E-state index in [1.165, 1.54) is 0 Å². The molecule has 0 spiro atoms. The highest BCUT2D eigenvalue weighted by Crippen LogP contribution is 1.91. The first kappa shape index (κ1) is 6.92. The van der Waals surface area contributed by atoms with E-state index in [9.17, 15) is 0 Å². The molecule has 0 aromatic heterocycles. The summed E-state index contributed by atoms with van der Waals surface area (Å²) in [5.74, 6) is 0. The van der Waals surface area contributed by atoms with Crippen LogP contribution in [0.2, 0.25) is 0 Å². The minimum absolute atomic E-state index is 0.324. The van der Waals surface area contributed by atoms with Gasteiger partial charge >= 0.3 is 0 Å². The van der Waals surface area contributed by atoms with Gasteiger partial charge in [-0.2, -0.15) is 0 Å². The number of hydrogen-bond acceptors (Lipinski definition) is 2. The SMILES string of the molecule is CCC(C)OCN. The molecule has 0 rings (SSSR count). The molecule has 0 aromatic rings. The Morgan fingerprint density at radius 1 is 1.71 bits per heavy atom. The zero-order valence-corrected chi connectivity index (χ0v) is 4.98. The Morgan fingerprint density at radius 2 is 2.29 bits per heavy atom. The van der Waals surface area contributed by atoms with Crippen LogP contribution in [0.15, 0.2) is 0 Å². The van der Waals surface area contributed by atoms with Gasteiger partial charge in [-0.05, 0) is 13.3 Å². The summed E-state index contributed by atoms with van der Waals surface area (Å²) in [7, 11) is 0. The second kappa shape index (κ2) is 4.09. The van der Waals surface area contributed by atoms with Gasteiger partial charge in [-0.3, -0.25) is 0 Å². The topological polar surface area (TPSA) is 35.2 Å². The van der Waals surface area contributed by atoms with Gasteiger partial charge in [0.2, 0.25) is 0 Å². The zero-order valence-electron chi connectivity index (χ0n) is 4.98. The van der Waals surface area contributed by atoms with E-state index in [2.05, 4.69) is 6.92 Å². The van der Waals surface area contributed by atoms with Crippen LogP contribution in [0.3, 0.4) is 0 Å². The van der Waals surface area contributed by atoms with E-state index < -0.39 is 0 Å². The number of hydrogen-bond donors (Lipinski definition) is 1. The quantitative estimate of drug-likeness (QED) is 0.534. The van der Waals surface area contributed by atoms with Crippen molar-refractivity contribution < 1.29 is 4.74 Å². The minimum Gasteiger partial charge on any atom is -0.364 e. The normalized spacial score (nSPS) is 14.1. The molecule has 0 saturated carbocycles. The van der Waals surface area contributed by atoms with Crippen molar-refractivity contribution in [3.05, 3.63) is 0 Å². The van der Waals surface area contributed by atoms with Gasteiger partial charge in [-0.25, -0.2) is 0 Å². The molecule has 0 fully saturated rings. The summed E-state index contributed by atoms with van der Waals surface area (Å²) in [4.78, 5) is 0. The fourth-order valence-corrected chi connectivity index (χ4v) is 0.282. The summed E-state index contributed by atoms with van der Waals surface area (Å²) < 4.78 is 4.97. The molecule has 0 bridgehead atoms. The van der Waals surface area contributed by atoms with Crippen LogP contribution in [0, 0.1) is 0 Å². The van der Waals surface area contributed by atoms with Crippen molar-refractivity contribution >= 4 is 0 Å². The van der Waals surface area contributed by atoms with Crippen LogP contribution in [0.1, 0.15) is 20.3 Å². The van der Waals surface area contributed by atoms with Crippen LogP contribution in [0.4, 0.5) is 0 Å². The number of ether oxygens (including phenoxy) is 1. The first-order valence-electron chi connectivity index (χ1n) is 2.63. The lowest BCUT2D eigenvalue weighted by atomic mass is 10.3. The third kappa shape index (κ3) is 3.76. The van der Waals surface area contributed by atoms with Crippen LogP contribution in [0.5, 0.6) is 0 Å².